The van der Waals surface area contributed by atoms with Gasteiger partial charge in [-0.15, -0.1) is 0 Å². The van der Waals surface area contributed by atoms with Crippen molar-refractivity contribution < 1.29 is 4.74 Å². The van der Waals surface area contributed by atoms with Gasteiger partial charge in [-0.25, -0.2) is 0 Å². The lowest BCUT2D eigenvalue weighted by atomic mass is 10.0. The van der Waals surface area contributed by atoms with Gasteiger partial charge in [-0.1, -0.05) is 29.8 Å². The van der Waals surface area contributed by atoms with Crippen molar-refractivity contribution in [1.82, 2.24) is 0 Å². The van der Waals surface area contributed by atoms with Gasteiger partial charge in [0.1, 0.15) is 5.75 Å². The number of ether oxygens (including phenoxy) is 1. The molecule has 0 aliphatic heterocycles. The number of methoxy groups -OCH3 is 1. The van der Waals surface area contributed by atoms with Crippen LogP contribution in [-0.2, 0) is 0 Å². The van der Waals surface area contributed by atoms with Gasteiger partial charge in [-0.3, -0.25) is 0 Å². The predicted molar refractivity (Wildman–Crippen MR) is 62.5 cm³/mol. The standard InChI is InChI=1S/C10H12Br2O/c1-6(2)7-4-10(13-3)9(12)5-8(7)11/h4-6H,1-3H3. The van der Waals surface area contributed by atoms with E-state index in [2.05, 4.69) is 51.8 Å². The van der Waals surface area contributed by atoms with E-state index in [4.69, 9.17) is 4.74 Å². The van der Waals surface area contributed by atoms with Crippen molar-refractivity contribution in [2.45, 2.75) is 19.8 Å². The molecule has 0 unspecified atom stereocenters. The van der Waals surface area contributed by atoms with E-state index >= 15 is 0 Å². The first-order valence-electron chi connectivity index (χ1n) is 4.09. The lowest BCUT2D eigenvalue weighted by Gasteiger charge is -2.11. The molecular formula is C10H12Br2O. The average Bonchev–Trinajstić information content (AvgIpc) is 2.03. The minimum Gasteiger partial charge on any atom is -0.496 e. The van der Waals surface area contributed by atoms with Gasteiger partial charge in [0, 0.05) is 4.47 Å². The highest BCUT2D eigenvalue weighted by molar-refractivity contribution is 9.11. The van der Waals surface area contributed by atoms with E-state index in [1.807, 2.05) is 6.07 Å². The minimum absolute atomic E-state index is 0.497. The second kappa shape index (κ2) is 4.47. The highest BCUT2D eigenvalue weighted by Crippen LogP contribution is 2.34. The summed E-state index contributed by atoms with van der Waals surface area (Å²) in [4.78, 5) is 0. The molecule has 0 aliphatic carbocycles. The summed E-state index contributed by atoms with van der Waals surface area (Å²) < 4.78 is 7.32. The first kappa shape index (κ1) is 11.1. The van der Waals surface area contributed by atoms with Crippen molar-refractivity contribution in [2.24, 2.45) is 0 Å². The van der Waals surface area contributed by atoms with Crippen molar-refractivity contribution in [3.8, 4) is 5.75 Å². The van der Waals surface area contributed by atoms with E-state index in [-0.39, 0.29) is 0 Å². The van der Waals surface area contributed by atoms with Crippen LogP contribution in [0.1, 0.15) is 25.3 Å². The van der Waals surface area contributed by atoms with Gasteiger partial charge in [0.15, 0.2) is 0 Å². The maximum absolute atomic E-state index is 5.22. The van der Waals surface area contributed by atoms with Crippen LogP contribution in [0.25, 0.3) is 0 Å². The van der Waals surface area contributed by atoms with Gasteiger partial charge >= 0.3 is 0 Å². The van der Waals surface area contributed by atoms with Gasteiger partial charge in [-0.2, -0.15) is 0 Å². The summed E-state index contributed by atoms with van der Waals surface area (Å²) in [5.74, 6) is 1.38. The summed E-state index contributed by atoms with van der Waals surface area (Å²) in [5.41, 5.74) is 1.26. The third kappa shape index (κ3) is 2.47. The van der Waals surface area contributed by atoms with Crippen LogP contribution in [0.2, 0.25) is 0 Å². The molecule has 3 heteroatoms. The topological polar surface area (TPSA) is 9.23 Å². The number of hydrogen-bond donors (Lipinski definition) is 0. The molecule has 0 radical (unpaired) electrons. The molecular weight excluding hydrogens is 296 g/mol. The van der Waals surface area contributed by atoms with Gasteiger partial charge < -0.3 is 4.74 Å². The zero-order chi connectivity index (χ0) is 10.0. The summed E-state index contributed by atoms with van der Waals surface area (Å²) in [7, 11) is 1.68. The van der Waals surface area contributed by atoms with Crippen LogP contribution in [0.5, 0.6) is 5.75 Å². The van der Waals surface area contributed by atoms with Crippen LogP contribution in [0.3, 0.4) is 0 Å². The van der Waals surface area contributed by atoms with E-state index < -0.39 is 0 Å². The quantitative estimate of drug-likeness (QED) is 0.789. The summed E-state index contributed by atoms with van der Waals surface area (Å²) in [6.45, 7) is 4.32. The Morgan fingerprint density at radius 3 is 2.23 bits per heavy atom. The largest absolute Gasteiger partial charge is 0.496 e. The Labute approximate surface area is 95.7 Å². The summed E-state index contributed by atoms with van der Waals surface area (Å²) in [6.07, 6.45) is 0. The lowest BCUT2D eigenvalue weighted by molar-refractivity contribution is 0.411. The molecule has 0 bridgehead atoms. The molecule has 1 nitrogen and oxygen atoms in total. The van der Waals surface area contributed by atoms with E-state index in [0.29, 0.717) is 5.92 Å². The number of hydrogen-bond acceptors (Lipinski definition) is 1. The molecule has 13 heavy (non-hydrogen) atoms. The van der Waals surface area contributed by atoms with E-state index in [0.717, 1.165) is 14.7 Å². The normalized spacial score (nSPS) is 10.6. The van der Waals surface area contributed by atoms with Crippen molar-refractivity contribution in [3.63, 3.8) is 0 Å². The highest BCUT2D eigenvalue weighted by atomic mass is 79.9. The average molecular weight is 308 g/mol. The molecule has 0 N–H and O–H groups in total. The molecule has 1 aromatic rings. The number of benzene rings is 1. The molecule has 72 valence electrons. The van der Waals surface area contributed by atoms with E-state index in [1.165, 1.54) is 5.56 Å². The predicted octanol–water partition coefficient (Wildman–Crippen LogP) is 4.34. The fourth-order valence-electron chi connectivity index (χ4n) is 1.14. The summed E-state index contributed by atoms with van der Waals surface area (Å²) in [5, 5.41) is 0. The van der Waals surface area contributed by atoms with Gasteiger partial charge in [-0.05, 0) is 39.5 Å². The number of rotatable bonds is 2. The SMILES string of the molecule is COc1cc(C(C)C)c(Br)cc1Br. The van der Waals surface area contributed by atoms with Gasteiger partial charge in [0.25, 0.3) is 0 Å². The molecule has 0 fully saturated rings. The van der Waals surface area contributed by atoms with Crippen molar-refractivity contribution in [2.75, 3.05) is 7.11 Å². The maximum atomic E-state index is 5.22. The third-order valence-electron chi connectivity index (χ3n) is 1.89. The first-order valence-corrected chi connectivity index (χ1v) is 5.67. The molecule has 0 atom stereocenters. The van der Waals surface area contributed by atoms with Gasteiger partial charge in [0.2, 0.25) is 0 Å². The monoisotopic (exact) mass is 306 g/mol. The second-order valence-electron chi connectivity index (χ2n) is 3.16. The maximum Gasteiger partial charge on any atom is 0.133 e. The molecule has 0 spiro atoms. The Kier molecular flexibility index (Phi) is 3.80. The lowest BCUT2D eigenvalue weighted by Crippen LogP contribution is -1.92. The Morgan fingerprint density at radius 2 is 1.77 bits per heavy atom. The third-order valence-corrected chi connectivity index (χ3v) is 3.20. The molecule has 0 aromatic heterocycles. The fourth-order valence-corrected chi connectivity index (χ4v) is 2.76. The fraction of sp³-hybridized carbons (Fsp3) is 0.400. The summed E-state index contributed by atoms with van der Waals surface area (Å²) in [6, 6.07) is 4.08. The summed E-state index contributed by atoms with van der Waals surface area (Å²) >= 11 is 6.96. The van der Waals surface area contributed by atoms with Crippen molar-refractivity contribution in [3.05, 3.63) is 26.6 Å². The second-order valence-corrected chi connectivity index (χ2v) is 4.87. The first-order chi connectivity index (χ1) is 6.06. The van der Waals surface area contributed by atoms with Crippen LogP contribution < -0.4 is 4.74 Å². The Bertz CT molecular complexity index is 308. The smallest absolute Gasteiger partial charge is 0.133 e. The van der Waals surface area contributed by atoms with Crippen molar-refractivity contribution >= 4 is 31.9 Å². The van der Waals surface area contributed by atoms with Crippen LogP contribution in [-0.4, -0.2) is 7.11 Å². The molecule has 0 heterocycles. The zero-order valence-electron chi connectivity index (χ0n) is 7.90. The molecule has 0 saturated carbocycles. The molecule has 1 rings (SSSR count). The minimum atomic E-state index is 0.497. The van der Waals surface area contributed by atoms with Crippen LogP contribution in [0.4, 0.5) is 0 Å². The van der Waals surface area contributed by atoms with Gasteiger partial charge in [0.05, 0.1) is 11.6 Å². The Hall–Kier alpha value is -0.0200. The van der Waals surface area contributed by atoms with Crippen LogP contribution >= 0.6 is 31.9 Å². The molecule has 0 aliphatic rings. The molecule has 0 saturated heterocycles. The van der Waals surface area contributed by atoms with E-state index in [1.54, 1.807) is 7.11 Å². The molecule has 0 amide bonds. The van der Waals surface area contributed by atoms with Crippen LogP contribution in [0, 0.1) is 0 Å². The number of halogens is 2. The van der Waals surface area contributed by atoms with E-state index in [9.17, 15) is 0 Å². The zero-order valence-corrected chi connectivity index (χ0v) is 11.1. The van der Waals surface area contributed by atoms with Crippen molar-refractivity contribution in [1.29, 1.82) is 0 Å². The Balaban J connectivity index is 3.22. The highest BCUT2D eigenvalue weighted by Gasteiger charge is 2.09. The Morgan fingerprint density at radius 1 is 1.15 bits per heavy atom. The molecule has 1 aromatic carbocycles. The van der Waals surface area contributed by atoms with Crippen LogP contribution in [0.15, 0.2) is 21.1 Å².